The predicted molar refractivity (Wildman–Crippen MR) is 72.1 cm³/mol. The molecule has 0 unspecified atom stereocenters. The van der Waals surface area contributed by atoms with Gasteiger partial charge in [0.15, 0.2) is 0 Å². The van der Waals surface area contributed by atoms with E-state index in [9.17, 15) is 0 Å². The lowest BCUT2D eigenvalue weighted by Gasteiger charge is -2.44. The van der Waals surface area contributed by atoms with Crippen molar-refractivity contribution in [3.63, 3.8) is 0 Å². The minimum Gasteiger partial charge on any atom is -0.373 e. The lowest BCUT2D eigenvalue weighted by molar-refractivity contribution is -0.119. The summed E-state index contributed by atoms with van der Waals surface area (Å²) < 4.78 is 6.00. The lowest BCUT2D eigenvalue weighted by atomic mass is 9.87. The van der Waals surface area contributed by atoms with Gasteiger partial charge in [-0.1, -0.05) is 6.08 Å². The van der Waals surface area contributed by atoms with E-state index in [0.717, 1.165) is 18.5 Å². The first-order valence-corrected chi connectivity index (χ1v) is 7.00. The molecule has 2 aliphatic carbocycles. The van der Waals surface area contributed by atoms with Crippen LogP contribution in [0.15, 0.2) is 12.7 Å². The van der Waals surface area contributed by atoms with Gasteiger partial charge in [-0.05, 0) is 52.4 Å². The number of hydrogen-bond acceptors (Lipinski definition) is 2. The molecule has 2 rings (SSSR count). The Labute approximate surface area is 106 Å². The van der Waals surface area contributed by atoms with Crippen LogP contribution in [0.25, 0.3) is 0 Å². The summed E-state index contributed by atoms with van der Waals surface area (Å²) in [7, 11) is 0. The first-order valence-electron chi connectivity index (χ1n) is 7.00. The van der Waals surface area contributed by atoms with Crippen LogP contribution in [0.1, 0.15) is 46.5 Å². The first-order chi connectivity index (χ1) is 7.98. The summed E-state index contributed by atoms with van der Waals surface area (Å²) >= 11 is 0. The van der Waals surface area contributed by atoms with Gasteiger partial charge in [-0.15, -0.1) is 6.58 Å². The van der Waals surface area contributed by atoms with Gasteiger partial charge in [0.2, 0.25) is 0 Å². The highest BCUT2D eigenvalue weighted by molar-refractivity contribution is 4.93. The van der Waals surface area contributed by atoms with Crippen LogP contribution in [-0.4, -0.2) is 35.7 Å². The third-order valence-corrected chi connectivity index (χ3v) is 3.66. The molecule has 0 aliphatic heterocycles. The molecule has 0 radical (unpaired) electrons. The molecule has 17 heavy (non-hydrogen) atoms. The topological polar surface area (TPSA) is 12.5 Å². The molecule has 0 aromatic carbocycles. The number of hydrogen-bond donors (Lipinski definition) is 0. The Morgan fingerprint density at radius 3 is 2.41 bits per heavy atom. The van der Waals surface area contributed by atoms with E-state index in [1.54, 1.807) is 0 Å². The van der Waals surface area contributed by atoms with E-state index in [1.807, 2.05) is 6.08 Å². The van der Waals surface area contributed by atoms with Gasteiger partial charge in [0.1, 0.15) is 0 Å². The average molecular weight is 237 g/mol. The van der Waals surface area contributed by atoms with Gasteiger partial charge < -0.3 is 4.74 Å². The van der Waals surface area contributed by atoms with Crippen molar-refractivity contribution in [1.29, 1.82) is 0 Å². The smallest absolute Gasteiger partial charge is 0.0612 e. The van der Waals surface area contributed by atoms with Crippen LogP contribution in [0.2, 0.25) is 0 Å². The van der Waals surface area contributed by atoms with E-state index < -0.39 is 0 Å². The molecule has 0 amide bonds. The molecule has 2 nitrogen and oxygen atoms in total. The van der Waals surface area contributed by atoms with Gasteiger partial charge in [-0.3, -0.25) is 4.90 Å². The van der Waals surface area contributed by atoms with Crippen LogP contribution in [-0.2, 0) is 4.74 Å². The van der Waals surface area contributed by atoms with Crippen LogP contribution in [0.5, 0.6) is 0 Å². The van der Waals surface area contributed by atoms with Crippen LogP contribution in [0.4, 0.5) is 0 Å². The van der Waals surface area contributed by atoms with Crippen LogP contribution in [0, 0.1) is 5.92 Å². The fourth-order valence-electron chi connectivity index (χ4n) is 2.60. The Bertz CT molecular complexity index is 259. The summed E-state index contributed by atoms with van der Waals surface area (Å²) in [4.78, 5) is 2.60. The van der Waals surface area contributed by atoms with Crippen LogP contribution >= 0.6 is 0 Å². The highest BCUT2D eigenvalue weighted by Gasteiger charge is 2.37. The Morgan fingerprint density at radius 1 is 1.29 bits per heavy atom. The second kappa shape index (κ2) is 5.11. The molecule has 0 atom stereocenters. The molecule has 0 spiro atoms. The average Bonchev–Trinajstić information content (AvgIpc) is 2.92. The van der Waals surface area contributed by atoms with E-state index in [1.165, 1.54) is 32.2 Å². The Morgan fingerprint density at radius 2 is 1.94 bits per heavy atom. The molecule has 2 fully saturated rings. The number of nitrogens with zero attached hydrogens (tertiary/aromatic N) is 1. The standard InChI is InChI=1S/C15H27NO/c1-5-8-16(11-12-6-7-12)13-9-14(10-13)17-15(2,3)4/h5,12-14H,1,6-11H2,2-4H3. The third kappa shape index (κ3) is 4.11. The van der Waals surface area contributed by atoms with E-state index in [4.69, 9.17) is 4.74 Å². The van der Waals surface area contributed by atoms with Gasteiger partial charge in [-0.2, -0.15) is 0 Å². The molecule has 0 bridgehead atoms. The fraction of sp³-hybridized carbons (Fsp3) is 0.867. The largest absolute Gasteiger partial charge is 0.373 e. The SMILES string of the molecule is C=CCN(CC1CC1)C1CC(OC(C)(C)C)C1. The summed E-state index contributed by atoms with van der Waals surface area (Å²) in [6.07, 6.45) is 7.80. The summed E-state index contributed by atoms with van der Waals surface area (Å²) in [5.41, 5.74) is 0.00932. The highest BCUT2D eigenvalue weighted by Crippen LogP contribution is 2.35. The molecule has 2 heteroatoms. The van der Waals surface area contributed by atoms with Crippen molar-refractivity contribution >= 4 is 0 Å². The normalized spacial score (nSPS) is 29.2. The molecular formula is C15H27NO. The van der Waals surface area contributed by atoms with Crippen molar-refractivity contribution in [1.82, 2.24) is 4.90 Å². The maximum absolute atomic E-state index is 6.00. The maximum atomic E-state index is 6.00. The van der Waals surface area contributed by atoms with Gasteiger partial charge in [0.25, 0.3) is 0 Å². The van der Waals surface area contributed by atoms with Crippen molar-refractivity contribution in [2.45, 2.75) is 64.2 Å². The van der Waals surface area contributed by atoms with Crippen molar-refractivity contribution < 1.29 is 4.74 Å². The summed E-state index contributed by atoms with van der Waals surface area (Å²) in [5.74, 6) is 0.970. The second-order valence-corrected chi connectivity index (χ2v) is 6.66. The first kappa shape index (κ1) is 13.1. The molecule has 0 saturated heterocycles. The van der Waals surface area contributed by atoms with E-state index in [2.05, 4.69) is 32.3 Å². The molecule has 0 N–H and O–H groups in total. The zero-order chi connectivity index (χ0) is 12.5. The third-order valence-electron chi connectivity index (χ3n) is 3.66. The van der Waals surface area contributed by atoms with E-state index in [-0.39, 0.29) is 5.60 Å². The molecule has 0 aromatic heterocycles. The van der Waals surface area contributed by atoms with Gasteiger partial charge >= 0.3 is 0 Å². The molecular weight excluding hydrogens is 210 g/mol. The van der Waals surface area contributed by atoms with E-state index >= 15 is 0 Å². The summed E-state index contributed by atoms with van der Waals surface area (Å²) in [6, 6.07) is 0.737. The van der Waals surface area contributed by atoms with Crippen molar-refractivity contribution in [2.24, 2.45) is 5.92 Å². The molecule has 98 valence electrons. The molecule has 0 heterocycles. The Kier molecular flexibility index (Phi) is 3.94. The fourth-order valence-corrected chi connectivity index (χ4v) is 2.60. The number of rotatable bonds is 6. The lowest BCUT2D eigenvalue weighted by Crippen LogP contribution is -2.50. The van der Waals surface area contributed by atoms with Gasteiger partial charge in [-0.25, -0.2) is 0 Å². The van der Waals surface area contributed by atoms with Crippen LogP contribution < -0.4 is 0 Å². The Balaban J connectivity index is 1.73. The molecule has 2 aliphatic rings. The van der Waals surface area contributed by atoms with Crippen molar-refractivity contribution in [2.75, 3.05) is 13.1 Å². The zero-order valence-electron chi connectivity index (χ0n) is 11.6. The minimum absolute atomic E-state index is 0.00932. The second-order valence-electron chi connectivity index (χ2n) is 6.66. The summed E-state index contributed by atoms with van der Waals surface area (Å²) in [5, 5.41) is 0. The maximum Gasteiger partial charge on any atom is 0.0612 e. The zero-order valence-corrected chi connectivity index (χ0v) is 11.6. The molecule has 2 saturated carbocycles. The Hall–Kier alpha value is -0.340. The van der Waals surface area contributed by atoms with Gasteiger partial charge in [0, 0.05) is 19.1 Å². The highest BCUT2D eigenvalue weighted by atomic mass is 16.5. The predicted octanol–water partition coefficient (Wildman–Crippen LogP) is 3.23. The quantitative estimate of drug-likeness (QED) is 0.658. The molecule has 0 aromatic rings. The van der Waals surface area contributed by atoms with Crippen LogP contribution in [0.3, 0.4) is 0 Å². The summed E-state index contributed by atoms with van der Waals surface area (Å²) in [6.45, 7) is 12.6. The monoisotopic (exact) mass is 237 g/mol. The van der Waals surface area contributed by atoms with Gasteiger partial charge in [0.05, 0.1) is 11.7 Å². The number of ether oxygens (including phenoxy) is 1. The van der Waals surface area contributed by atoms with Crippen molar-refractivity contribution in [3.05, 3.63) is 12.7 Å². The minimum atomic E-state index is 0.00932. The van der Waals surface area contributed by atoms with Crippen molar-refractivity contribution in [3.8, 4) is 0 Å². The van der Waals surface area contributed by atoms with E-state index in [0.29, 0.717) is 6.10 Å².